The predicted molar refractivity (Wildman–Crippen MR) is 67.8 cm³/mol. The van der Waals surface area contributed by atoms with Crippen LogP contribution >= 0.6 is 11.6 Å². The number of sulfone groups is 1. The Kier molecular flexibility index (Phi) is 5.45. The van der Waals surface area contributed by atoms with E-state index in [-0.39, 0.29) is 12.4 Å². The molecule has 0 amide bonds. The highest BCUT2D eigenvalue weighted by molar-refractivity contribution is 7.91. The van der Waals surface area contributed by atoms with Crippen LogP contribution in [0.25, 0.3) is 0 Å². The molecule has 0 saturated carbocycles. The Morgan fingerprint density at radius 3 is 2.65 bits per heavy atom. The van der Waals surface area contributed by atoms with Gasteiger partial charge in [-0.25, -0.2) is 8.42 Å². The highest BCUT2D eigenvalue weighted by atomic mass is 35.5. The number of hydrogen-bond acceptors (Lipinski definition) is 3. The molecule has 17 heavy (non-hydrogen) atoms. The molecule has 0 spiro atoms. The van der Waals surface area contributed by atoms with E-state index in [1.807, 2.05) is 0 Å². The third-order valence-corrected chi connectivity index (χ3v) is 3.75. The summed E-state index contributed by atoms with van der Waals surface area (Å²) in [5.41, 5.74) is 2.66. The number of ether oxygens (including phenoxy) is 1. The molecule has 0 bridgehead atoms. The Morgan fingerprint density at radius 2 is 2.06 bits per heavy atom. The Balaban J connectivity index is 2.79. The van der Waals surface area contributed by atoms with Crippen molar-refractivity contribution in [2.24, 2.45) is 0 Å². The average Bonchev–Trinajstić information content (AvgIpc) is 2.30. The lowest BCUT2D eigenvalue weighted by molar-refractivity contribution is 0.231. The number of benzene rings is 1. The monoisotopic (exact) mass is 272 g/mol. The van der Waals surface area contributed by atoms with Crippen LogP contribution in [0.3, 0.4) is 0 Å². The molecule has 0 aliphatic carbocycles. The molecule has 1 aromatic carbocycles. The van der Waals surface area contributed by atoms with Gasteiger partial charge in [-0.15, -0.1) is 5.73 Å². The molecule has 0 N–H and O–H groups in total. The SMILES string of the molecule is COCC(Cl)=C=CCS(=O)(=O)c1ccccc1. The maximum Gasteiger partial charge on any atom is 0.182 e. The van der Waals surface area contributed by atoms with Crippen molar-refractivity contribution in [3.8, 4) is 0 Å². The highest BCUT2D eigenvalue weighted by Crippen LogP contribution is 2.10. The van der Waals surface area contributed by atoms with E-state index in [4.69, 9.17) is 16.3 Å². The summed E-state index contributed by atoms with van der Waals surface area (Å²) in [6.07, 6.45) is 1.39. The van der Waals surface area contributed by atoms with Gasteiger partial charge in [0.15, 0.2) is 9.84 Å². The van der Waals surface area contributed by atoms with Crippen molar-refractivity contribution in [1.29, 1.82) is 0 Å². The predicted octanol–water partition coefficient (Wildman–Crippen LogP) is 2.38. The summed E-state index contributed by atoms with van der Waals surface area (Å²) in [7, 11) is -1.80. The summed E-state index contributed by atoms with van der Waals surface area (Å²) in [6, 6.07) is 8.26. The second-order valence-electron chi connectivity index (χ2n) is 3.28. The summed E-state index contributed by atoms with van der Waals surface area (Å²) >= 11 is 5.71. The fourth-order valence-electron chi connectivity index (χ4n) is 1.15. The van der Waals surface area contributed by atoms with Crippen molar-refractivity contribution >= 4 is 21.4 Å². The van der Waals surface area contributed by atoms with E-state index < -0.39 is 9.84 Å². The molecule has 3 nitrogen and oxygen atoms in total. The molecule has 0 saturated heterocycles. The molecule has 0 radical (unpaired) electrons. The van der Waals surface area contributed by atoms with Gasteiger partial charge >= 0.3 is 0 Å². The fraction of sp³-hybridized carbons (Fsp3) is 0.250. The highest BCUT2D eigenvalue weighted by Gasteiger charge is 2.10. The second kappa shape index (κ2) is 6.62. The number of rotatable bonds is 5. The molecule has 1 rings (SSSR count). The molecule has 5 heteroatoms. The molecule has 92 valence electrons. The van der Waals surface area contributed by atoms with Crippen LogP contribution in [0.15, 0.2) is 52.1 Å². The molecule has 0 unspecified atom stereocenters. The lowest BCUT2D eigenvalue weighted by Crippen LogP contribution is -2.03. The van der Waals surface area contributed by atoms with E-state index in [0.717, 1.165) is 0 Å². The van der Waals surface area contributed by atoms with Gasteiger partial charge in [-0.2, -0.15) is 0 Å². The van der Waals surface area contributed by atoms with Crippen LogP contribution in [0.1, 0.15) is 0 Å². The first-order valence-electron chi connectivity index (χ1n) is 4.92. The quantitative estimate of drug-likeness (QED) is 0.773. The first-order chi connectivity index (χ1) is 8.06. The van der Waals surface area contributed by atoms with Gasteiger partial charge in [0, 0.05) is 7.11 Å². The summed E-state index contributed by atoms with van der Waals surface area (Å²) < 4.78 is 28.4. The molecule has 1 aromatic rings. The van der Waals surface area contributed by atoms with Crippen molar-refractivity contribution < 1.29 is 13.2 Å². The van der Waals surface area contributed by atoms with E-state index in [2.05, 4.69) is 5.73 Å². The van der Waals surface area contributed by atoms with E-state index in [0.29, 0.717) is 9.93 Å². The molecular weight excluding hydrogens is 260 g/mol. The van der Waals surface area contributed by atoms with Crippen LogP contribution in [-0.2, 0) is 14.6 Å². The largest absolute Gasteiger partial charge is 0.378 e. The molecular formula is C12H13ClO3S. The Labute approximate surface area is 106 Å². The first-order valence-corrected chi connectivity index (χ1v) is 6.95. The normalized spacial score (nSPS) is 10.7. The van der Waals surface area contributed by atoms with Gasteiger partial charge < -0.3 is 4.74 Å². The average molecular weight is 273 g/mol. The number of methoxy groups -OCH3 is 1. The van der Waals surface area contributed by atoms with Crippen molar-refractivity contribution in [3.63, 3.8) is 0 Å². The van der Waals surface area contributed by atoms with Gasteiger partial charge in [-0.05, 0) is 18.2 Å². The van der Waals surface area contributed by atoms with Gasteiger partial charge in [0.2, 0.25) is 0 Å². The number of halogens is 1. The molecule has 0 atom stereocenters. The van der Waals surface area contributed by atoms with Gasteiger partial charge in [0.05, 0.1) is 22.3 Å². The van der Waals surface area contributed by atoms with Crippen molar-refractivity contribution in [2.45, 2.75) is 4.90 Å². The van der Waals surface area contributed by atoms with Crippen LogP contribution in [0.2, 0.25) is 0 Å². The molecule has 0 aliphatic rings. The Bertz CT molecular complexity index is 514. The second-order valence-corrected chi connectivity index (χ2v) is 5.77. The van der Waals surface area contributed by atoms with Crippen molar-refractivity contribution in [3.05, 3.63) is 47.2 Å². The smallest absolute Gasteiger partial charge is 0.182 e. The van der Waals surface area contributed by atoms with E-state index >= 15 is 0 Å². The van der Waals surface area contributed by atoms with E-state index in [1.165, 1.54) is 13.2 Å². The lowest BCUT2D eigenvalue weighted by Gasteiger charge is -1.99. The first kappa shape index (κ1) is 14.0. The van der Waals surface area contributed by atoms with Crippen molar-refractivity contribution in [2.75, 3.05) is 19.5 Å². The van der Waals surface area contributed by atoms with Gasteiger partial charge in [-0.3, -0.25) is 0 Å². The third kappa shape index (κ3) is 4.75. The summed E-state index contributed by atoms with van der Waals surface area (Å²) in [6.45, 7) is 0.226. The van der Waals surface area contributed by atoms with Gasteiger partial charge in [0.1, 0.15) is 0 Å². The minimum absolute atomic E-state index is 0.128. The minimum atomic E-state index is -3.30. The van der Waals surface area contributed by atoms with Crippen LogP contribution < -0.4 is 0 Å². The molecule has 0 heterocycles. The van der Waals surface area contributed by atoms with Crippen LogP contribution in [0.4, 0.5) is 0 Å². The van der Waals surface area contributed by atoms with Crippen LogP contribution in [-0.4, -0.2) is 27.9 Å². The zero-order valence-corrected chi connectivity index (χ0v) is 11.0. The van der Waals surface area contributed by atoms with Gasteiger partial charge in [-0.1, -0.05) is 29.8 Å². The summed E-state index contributed by atoms with van der Waals surface area (Å²) in [4.78, 5) is 0.293. The summed E-state index contributed by atoms with van der Waals surface area (Å²) in [5.74, 6) is -0.128. The van der Waals surface area contributed by atoms with E-state index in [9.17, 15) is 8.42 Å². The zero-order chi connectivity index (χ0) is 12.7. The third-order valence-electron chi connectivity index (χ3n) is 1.93. The maximum absolute atomic E-state index is 11.8. The summed E-state index contributed by atoms with van der Waals surface area (Å²) in [5, 5.41) is 0.343. The topological polar surface area (TPSA) is 43.4 Å². The maximum atomic E-state index is 11.8. The van der Waals surface area contributed by atoms with E-state index in [1.54, 1.807) is 30.3 Å². The number of hydrogen-bond donors (Lipinski definition) is 0. The standard InChI is InChI=1S/C12H13ClO3S/c1-16-10-11(13)6-5-9-17(14,15)12-7-3-2-4-8-12/h2-5,7-8H,9-10H2,1H3. The lowest BCUT2D eigenvalue weighted by atomic mass is 10.4. The fourth-order valence-corrected chi connectivity index (χ4v) is 2.41. The minimum Gasteiger partial charge on any atom is -0.378 e. The molecule has 0 aromatic heterocycles. The molecule has 0 aliphatic heterocycles. The van der Waals surface area contributed by atoms with Crippen molar-refractivity contribution in [1.82, 2.24) is 0 Å². The van der Waals surface area contributed by atoms with Crippen LogP contribution in [0.5, 0.6) is 0 Å². The Hall–Kier alpha value is -1.06. The molecule has 0 fully saturated rings. The zero-order valence-electron chi connectivity index (χ0n) is 9.39. The van der Waals surface area contributed by atoms with Gasteiger partial charge in [0.25, 0.3) is 0 Å². The van der Waals surface area contributed by atoms with Crippen LogP contribution in [0, 0.1) is 0 Å². The Morgan fingerprint density at radius 1 is 1.41 bits per heavy atom.